The maximum atomic E-state index is 11.7. The highest BCUT2D eigenvalue weighted by molar-refractivity contribution is 7.99. The number of thioether (sulfide) groups is 1. The van der Waals surface area contributed by atoms with Crippen LogP contribution in [0.5, 0.6) is 5.75 Å². The fraction of sp³-hybridized carbons (Fsp3) is 0.312. The van der Waals surface area contributed by atoms with Crippen LogP contribution in [0, 0.1) is 6.92 Å². The lowest BCUT2D eigenvalue weighted by molar-refractivity contribution is -0.131. The largest absolute Gasteiger partial charge is 0.426 e. The predicted octanol–water partition coefficient (Wildman–Crippen LogP) is 2.79. The molecule has 0 aliphatic heterocycles. The molecule has 6 heteroatoms. The van der Waals surface area contributed by atoms with Crippen molar-refractivity contribution in [2.24, 2.45) is 0 Å². The highest BCUT2D eigenvalue weighted by Gasteiger charge is 2.08. The van der Waals surface area contributed by atoms with Crippen molar-refractivity contribution in [1.82, 2.24) is 9.97 Å². The van der Waals surface area contributed by atoms with Crippen LogP contribution in [0.3, 0.4) is 0 Å². The van der Waals surface area contributed by atoms with Crippen LogP contribution in [0.2, 0.25) is 0 Å². The van der Waals surface area contributed by atoms with E-state index in [1.165, 1.54) is 6.07 Å². The van der Waals surface area contributed by atoms with Crippen LogP contribution >= 0.6 is 11.8 Å². The number of H-pyrrole nitrogens is 1. The molecule has 0 saturated heterocycles. The van der Waals surface area contributed by atoms with Crippen molar-refractivity contribution in [2.75, 3.05) is 11.5 Å². The van der Waals surface area contributed by atoms with Crippen molar-refractivity contribution in [3.8, 4) is 17.1 Å². The Morgan fingerprint density at radius 1 is 1.36 bits per heavy atom. The zero-order valence-electron chi connectivity index (χ0n) is 12.6. The van der Waals surface area contributed by atoms with Gasteiger partial charge in [-0.1, -0.05) is 19.1 Å². The van der Waals surface area contributed by atoms with E-state index in [-0.39, 0.29) is 11.5 Å². The summed E-state index contributed by atoms with van der Waals surface area (Å²) in [6, 6.07) is 8.40. The second-order valence-electron chi connectivity index (χ2n) is 4.79. The molecule has 0 radical (unpaired) electrons. The van der Waals surface area contributed by atoms with Crippen molar-refractivity contribution < 1.29 is 9.53 Å². The number of hydrogen-bond acceptors (Lipinski definition) is 5. The van der Waals surface area contributed by atoms with Crippen LogP contribution in [-0.2, 0) is 4.79 Å². The van der Waals surface area contributed by atoms with Crippen LogP contribution < -0.4 is 10.3 Å². The smallest absolute Gasteiger partial charge is 0.321 e. The molecule has 1 aromatic heterocycles. The Kier molecular flexibility index (Phi) is 5.77. The molecule has 5 nitrogen and oxygen atoms in total. The molecule has 0 saturated carbocycles. The summed E-state index contributed by atoms with van der Waals surface area (Å²) >= 11 is 1.55. The fourth-order valence-corrected chi connectivity index (χ4v) is 2.54. The number of aromatic nitrogens is 2. The summed E-state index contributed by atoms with van der Waals surface area (Å²) in [6.07, 6.45) is 1.03. The molecule has 22 heavy (non-hydrogen) atoms. The van der Waals surface area contributed by atoms with Gasteiger partial charge in [-0.3, -0.25) is 9.59 Å². The molecule has 2 rings (SSSR count). The van der Waals surface area contributed by atoms with E-state index in [4.69, 9.17) is 4.74 Å². The molecule has 1 heterocycles. The Morgan fingerprint density at radius 2 is 2.18 bits per heavy atom. The maximum Gasteiger partial charge on any atom is 0.321 e. The number of hydrogen-bond donors (Lipinski definition) is 1. The average Bonchev–Trinajstić information content (AvgIpc) is 2.47. The van der Waals surface area contributed by atoms with Gasteiger partial charge in [0.2, 0.25) is 0 Å². The predicted molar refractivity (Wildman–Crippen MR) is 88.3 cm³/mol. The molecule has 116 valence electrons. The Labute approximate surface area is 133 Å². The first-order valence-electron chi connectivity index (χ1n) is 7.05. The van der Waals surface area contributed by atoms with Crippen LogP contribution in [0.4, 0.5) is 0 Å². The molecule has 0 atom stereocenters. The van der Waals surface area contributed by atoms with Gasteiger partial charge >= 0.3 is 5.97 Å². The molecule has 0 fully saturated rings. The summed E-state index contributed by atoms with van der Waals surface area (Å²) in [4.78, 5) is 30.2. The van der Waals surface area contributed by atoms with Crippen molar-refractivity contribution in [2.45, 2.75) is 20.3 Å². The first kappa shape index (κ1) is 16.3. The lowest BCUT2D eigenvalue weighted by Crippen LogP contribution is -2.11. The number of nitrogens with zero attached hydrogens (tertiary/aromatic N) is 1. The summed E-state index contributed by atoms with van der Waals surface area (Å²) in [5, 5.41) is 0. The van der Waals surface area contributed by atoms with E-state index >= 15 is 0 Å². The van der Waals surface area contributed by atoms with Gasteiger partial charge in [0.1, 0.15) is 11.6 Å². The second kappa shape index (κ2) is 7.79. The third-order valence-corrected chi connectivity index (χ3v) is 3.91. The van der Waals surface area contributed by atoms with E-state index in [1.807, 2.05) is 0 Å². The lowest BCUT2D eigenvalue weighted by atomic mass is 10.2. The average molecular weight is 318 g/mol. The van der Waals surface area contributed by atoms with E-state index in [0.29, 0.717) is 28.6 Å². The first-order chi connectivity index (χ1) is 10.6. The third-order valence-electron chi connectivity index (χ3n) is 2.78. The number of aryl methyl sites for hydroxylation is 1. The van der Waals surface area contributed by atoms with E-state index in [9.17, 15) is 9.59 Å². The molecule has 0 aliphatic rings. The van der Waals surface area contributed by atoms with Crippen LogP contribution in [0.25, 0.3) is 11.4 Å². The number of rotatable bonds is 6. The number of esters is 1. The van der Waals surface area contributed by atoms with Gasteiger partial charge in [0.25, 0.3) is 5.56 Å². The van der Waals surface area contributed by atoms with Crippen molar-refractivity contribution in [1.29, 1.82) is 0 Å². The summed E-state index contributed by atoms with van der Waals surface area (Å²) < 4.78 is 5.30. The van der Waals surface area contributed by atoms with E-state index in [2.05, 4.69) is 16.9 Å². The normalized spacial score (nSPS) is 10.5. The molecule has 0 bridgehead atoms. The zero-order valence-corrected chi connectivity index (χ0v) is 13.4. The molecule has 1 aromatic carbocycles. The molecule has 0 spiro atoms. The number of carbonyl (C=O) groups is 1. The van der Waals surface area contributed by atoms with E-state index < -0.39 is 0 Å². The van der Waals surface area contributed by atoms with Crippen molar-refractivity contribution in [3.63, 3.8) is 0 Å². The van der Waals surface area contributed by atoms with Crippen LogP contribution in [-0.4, -0.2) is 27.4 Å². The molecule has 1 N–H and O–H groups in total. The minimum Gasteiger partial charge on any atom is -0.426 e. The number of ether oxygens (including phenoxy) is 1. The monoisotopic (exact) mass is 318 g/mol. The SMILES string of the molecule is CCCSCC(=O)Oc1cccc(-c2nc(C)cc(=O)[nH]2)c1. The standard InChI is InChI=1S/C16H18N2O3S/c1-3-7-22-10-15(20)21-13-6-4-5-12(9-13)16-17-11(2)8-14(19)18-16/h4-6,8-9H,3,7,10H2,1-2H3,(H,17,18,19). The van der Waals surface area contributed by atoms with E-state index in [0.717, 1.165) is 12.2 Å². The third kappa shape index (κ3) is 4.73. The van der Waals surface area contributed by atoms with Crippen molar-refractivity contribution >= 4 is 17.7 Å². The quantitative estimate of drug-likeness (QED) is 0.504. The Morgan fingerprint density at radius 3 is 2.91 bits per heavy atom. The summed E-state index contributed by atoms with van der Waals surface area (Å²) in [7, 11) is 0. The van der Waals surface area contributed by atoms with Gasteiger partial charge in [-0.15, -0.1) is 0 Å². The van der Waals surface area contributed by atoms with Crippen molar-refractivity contribution in [3.05, 3.63) is 46.4 Å². The van der Waals surface area contributed by atoms with Crippen LogP contribution in [0.1, 0.15) is 19.0 Å². The van der Waals surface area contributed by atoms with Gasteiger partial charge in [0, 0.05) is 17.3 Å². The number of nitrogens with one attached hydrogen (secondary N) is 1. The minimum atomic E-state index is -0.277. The van der Waals surface area contributed by atoms with Crippen LogP contribution in [0.15, 0.2) is 35.1 Å². The van der Waals surface area contributed by atoms with E-state index in [1.54, 1.807) is 43.0 Å². The molecular formula is C16H18N2O3S. The summed E-state index contributed by atoms with van der Waals surface area (Å²) in [6.45, 7) is 3.82. The van der Waals surface area contributed by atoms with Gasteiger partial charge in [-0.05, 0) is 31.2 Å². The van der Waals surface area contributed by atoms with Gasteiger partial charge in [-0.2, -0.15) is 11.8 Å². The molecular weight excluding hydrogens is 300 g/mol. The highest BCUT2D eigenvalue weighted by Crippen LogP contribution is 2.21. The minimum absolute atomic E-state index is 0.208. The molecule has 0 unspecified atom stereocenters. The Bertz CT molecular complexity index is 713. The van der Waals surface area contributed by atoms with Gasteiger partial charge in [-0.25, -0.2) is 4.98 Å². The number of benzene rings is 1. The number of carbonyl (C=O) groups excluding carboxylic acids is 1. The summed E-state index contributed by atoms with van der Waals surface area (Å²) in [5.41, 5.74) is 1.13. The highest BCUT2D eigenvalue weighted by atomic mass is 32.2. The Balaban J connectivity index is 2.13. The van der Waals surface area contributed by atoms with Gasteiger partial charge < -0.3 is 9.72 Å². The van der Waals surface area contributed by atoms with Gasteiger partial charge in [0.05, 0.1) is 5.75 Å². The molecule has 2 aromatic rings. The zero-order chi connectivity index (χ0) is 15.9. The summed E-state index contributed by atoms with van der Waals surface area (Å²) in [5.74, 6) is 1.90. The van der Waals surface area contributed by atoms with Gasteiger partial charge in [0.15, 0.2) is 0 Å². The number of aromatic amines is 1. The molecule has 0 amide bonds. The Hall–Kier alpha value is -2.08. The lowest BCUT2D eigenvalue weighted by Gasteiger charge is -2.06. The first-order valence-corrected chi connectivity index (χ1v) is 8.21. The maximum absolute atomic E-state index is 11.7. The topological polar surface area (TPSA) is 72.0 Å². The second-order valence-corrected chi connectivity index (χ2v) is 5.90. The fourth-order valence-electron chi connectivity index (χ4n) is 1.88. The molecule has 0 aliphatic carbocycles.